The van der Waals surface area contributed by atoms with E-state index in [-0.39, 0.29) is 18.0 Å². The fourth-order valence-electron chi connectivity index (χ4n) is 2.54. The molecule has 0 unspecified atom stereocenters. The number of carbonyl (C=O) groups excluding carboxylic acids is 3. The van der Waals surface area contributed by atoms with E-state index in [9.17, 15) is 14.4 Å². The van der Waals surface area contributed by atoms with Gasteiger partial charge in [0, 0.05) is 17.5 Å². The monoisotopic (exact) mass is 416 g/mol. The van der Waals surface area contributed by atoms with Gasteiger partial charge < -0.3 is 18.9 Å². The summed E-state index contributed by atoms with van der Waals surface area (Å²) in [7, 11) is 4.32. The summed E-state index contributed by atoms with van der Waals surface area (Å²) in [5.41, 5.74) is 5.33. The van der Waals surface area contributed by atoms with E-state index in [1.807, 2.05) is 0 Å². The van der Waals surface area contributed by atoms with E-state index in [0.29, 0.717) is 35.0 Å². The van der Waals surface area contributed by atoms with Crippen LogP contribution in [0.2, 0.25) is 0 Å². The van der Waals surface area contributed by atoms with Crippen molar-refractivity contribution in [3.05, 3.63) is 47.5 Å². The van der Waals surface area contributed by atoms with Gasteiger partial charge >= 0.3 is 0 Å². The molecule has 30 heavy (non-hydrogen) atoms. The quantitative estimate of drug-likeness (QED) is 0.476. The zero-order valence-electron chi connectivity index (χ0n) is 17.2. The first kappa shape index (κ1) is 22.5. The van der Waals surface area contributed by atoms with Crippen LogP contribution in [0.1, 0.15) is 34.1 Å². The second-order valence-electron chi connectivity index (χ2n) is 6.01. The maximum Gasteiger partial charge on any atom is 0.276 e. The maximum atomic E-state index is 12.3. The molecular weight excluding hydrogens is 392 g/mol. The molecular formula is C21H24N2O7. The summed E-state index contributed by atoms with van der Waals surface area (Å²) in [5, 5.41) is 0. The van der Waals surface area contributed by atoms with Crippen LogP contribution < -0.4 is 29.8 Å². The zero-order valence-corrected chi connectivity index (χ0v) is 17.2. The van der Waals surface area contributed by atoms with Gasteiger partial charge in [-0.3, -0.25) is 25.2 Å². The summed E-state index contributed by atoms with van der Waals surface area (Å²) in [5.74, 6) is 0.265. The van der Waals surface area contributed by atoms with E-state index in [2.05, 4.69) is 10.9 Å². The molecule has 0 atom stereocenters. The van der Waals surface area contributed by atoms with Crippen LogP contribution >= 0.6 is 0 Å². The zero-order chi connectivity index (χ0) is 22.1. The second kappa shape index (κ2) is 10.7. The van der Waals surface area contributed by atoms with Crippen LogP contribution in [0.25, 0.3) is 0 Å². The highest BCUT2D eigenvalue weighted by atomic mass is 16.5. The molecule has 0 aliphatic heterocycles. The van der Waals surface area contributed by atoms with Gasteiger partial charge in [0.2, 0.25) is 5.75 Å². The average Bonchev–Trinajstić information content (AvgIpc) is 2.79. The Balaban J connectivity index is 1.91. The first-order valence-electron chi connectivity index (χ1n) is 9.08. The lowest BCUT2D eigenvalue weighted by Gasteiger charge is -2.14. The lowest BCUT2D eigenvalue weighted by molar-refractivity contribution is -0.123. The Morgan fingerprint density at radius 3 is 1.93 bits per heavy atom. The Morgan fingerprint density at radius 2 is 1.43 bits per heavy atom. The average molecular weight is 416 g/mol. The minimum absolute atomic E-state index is 0.0220. The van der Waals surface area contributed by atoms with Crippen molar-refractivity contribution < 1.29 is 33.3 Å². The molecule has 0 fully saturated rings. The molecule has 0 spiro atoms. The number of Topliss-reactive ketones (excluding diaryl/α,β-unsaturated/α-hetero) is 1. The number of amides is 2. The van der Waals surface area contributed by atoms with Crippen molar-refractivity contribution in [2.24, 2.45) is 0 Å². The summed E-state index contributed by atoms with van der Waals surface area (Å²) in [6.45, 7) is 1.46. The van der Waals surface area contributed by atoms with Gasteiger partial charge in [-0.1, -0.05) is 6.92 Å². The van der Waals surface area contributed by atoms with Gasteiger partial charge in [-0.05, 0) is 36.4 Å². The first-order valence-corrected chi connectivity index (χ1v) is 9.08. The molecule has 0 aliphatic carbocycles. The lowest BCUT2D eigenvalue weighted by atomic mass is 10.1. The molecule has 0 radical (unpaired) electrons. The third-order valence-electron chi connectivity index (χ3n) is 4.11. The Bertz CT molecular complexity index is 885. The summed E-state index contributed by atoms with van der Waals surface area (Å²) >= 11 is 0. The van der Waals surface area contributed by atoms with Gasteiger partial charge in [0.15, 0.2) is 23.9 Å². The Morgan fingerprint density at radius 1 is 0.833 bits per heavy atom. The summed E-state index contributed by atoms with van der Waals surface area (Å²) < 4.78 is 21.0. The van der Waals surface area contributed by atoms with Crippen molar-refractivity contribution in [1.82, 2.24) is 10.9 Å². The topological polar surface area (TPSA) is 112 Å². The number of ketones is 1. The smallest absolute Gasteiger partial charge is 0.276 e. The van der Waals surface area contributed by atoms with Crippen LogP contribution in [0.3, 0.4) is 0 Å². The van der Waals surface area contributed by atoms with E-state index >= 15 is 0 Å². The number of nitrogens with one attached hydrogen (secondary N) is 2. The molecule has 160 valence electrons. The van der Waals surface area contributed by atoms with Crippen molar-refractivity contribution in [3.63, 3.8) is 0 Å². The summed E-state index contributed by atoms with van der Waals surface area (Å²) in [6, 6.07) is 9.38. The van der Waals surface area contributed by atoms with Crippen LogP contribution in [-0.4, -0.2) is 45.5 Å². The summed E-state index contributed by atoms with van der Waals surface area (Å²) in [6.07, 6.45) is 0.411. The molecule has 0 bridgehead atoms. The highest BCUT2D eigenvalue weighted by Gasteiger charge is 2.17. The highest BCUT2D eigenvalue weighted by Crippen LogP contribution is 2.38. The minimum atomic E-state index is -0.579. The van der Waals surface area contributed by atoms with E-state index in [4.69, 9.17) is 18.9 Å². The van der Waals surface area contributed by atoms with Gasteiger partial charge in [0.05, 0.1) is 21.3 Å². The number of methoxy groups -OCH3 is 3. The Kier molecular flexibility index (Phi) is 8.04. The lowest BCUT2D eigenvalue weighted by Crippen LogP contribution is -2.43. The van der Waals surface area contributed by atoms with Crippen LogP contribution in [0, 0.1) is 0 Å². The predicted molar refractivity (Wildman–Crippen MR) is 108 cm³/mol. The number of rotatable bonds is 9. The molecule has 9 nitrogen and oxygen atoms in total. The van der Waals surface area contributed by atoms with Gasteiger partial charge in [0.1, 0.15) is 5.75 Å². The molecule has 9 heteroatoms. The molecule has 0 heterocycles. The highest BCUT2D eigenvalue weighted by molar-refractivity contribution is 5.97. The third-order valence-corrected chi connectivity index (χ3v) is 4.11. The van der Waals surface area contributed by atoms with Crippen molar-refractivity contribution >= 4 is 17.6 Å². The van der Waals surface area contributed by atoms with Gasteiger partial charge in [-0.2, -0.15) is 0 Å². The molecule has 2 aromatic carbocycles. The van der Waals surface area contributed by atoms with Crippen molar-refractivity contribution in [1.29, 1.82) is 0 Å². The molecule has 2 aromatic rings. The van der Waals surface area contributed by atoms with E-state index in [1.54, 1.807) is 31.2 Å². The molecule has 0 saturated heterocycles. The standard InChI is InChI=1S/C21H24N2O7/c1-5-16(24)13-6-8-15(9-7-13)30-12-19(25)22-23-21(26)14-10-17(27-2)20(29-4)18(11-14)28-3/h6-11H,5,12H2,1-4H3,(H,22,25)(H,23,26). The normalized spacial score (nSPS) is 10.0. The molecule has 2 rings (SSSR count). The predicted octanol–water partition coefficient (Wildman–Crippen LogP) is 2.15. The van der Waals surface area contributed by atoms with Gasteiger partial charge in [-0.25, -0.2) is 0 Å². The number of hydrogen-bond acceptors (Lipinski definition) is 7. The van der Waals surface area contributed by atoms with Crippen molar-refractivity contribution in [3.8, 4) is 23.0 Å². The van der Waals surface area contributed by atoms with E-state index < -0.39 is 11.8 Å². The number of benzene rings is 2. The van der Waals surface area contributed by atoms with Crippen LogP contribution in [0.5, 0.6) is 23.0 Å². The van der Waals surface area contributed by atoms with Crippen LogP contribution in [-0.2, 0) is 4.79 Å². The molecule has 2 N–H and O–H groups in total. The first-order chi connectivity index (χ1) is 14.4. The molecule has 0 aliphatic rings. The number of hydrazine groups is 1. The fraction of sp³-hybridized carbons (Fsp3) is 0.286. The second-order valence-corrected chi connectivity index (χ2v) is 6.01. The van der Waals surface area contributed by atoms with Crippen LogP contribution in [0.4, 0.5) is 0 Å². The number of carbonyl (C=O) groups is 3. The Hall–Kier alpha value is -3.75. The molecule has 2 amide bonds. The Labute approximate surface area is 174 Å². The summed E-state index contributed by atoms with van der Waals surface area (Å²) in [4.78, 5) is 35.9. The largest absolute Gasteiger partial charge is 0.493 e. The molecule has 0 saturated carbocycles. The maximum absolute atomic E-state index is 12.3. The SMILES string of the molecule is CCC(=O)c1ccc(OCC(=O)NNC(=O)c2cc(OC)c(OC)c(OC)c2)cc1. The van der Waals surface area contributed by atoms with E-state index in [0.717, 1.165) is 0 Å². The third kappa shape index (κ3) is 5.63. The van der Waals surface area contributed by atoms with Gasteiger partial charge in [0.25, 0.3) is 11.8 Å². The van der Waals surface area contributed by atoms with Crippen molar-refractivity contribution in [2.75, 3.05) is 27.9 Å². The number of hydrogen-bond donors (Lipinski definition) is 2. The van der Waals surface area contributed by atoms with Crippen molar-refractivity contribution in [2.45, 2.75) is 13.3 Å². The van der Waals surface area contributed by atoms with Gasteiger partial charge in [-0.15, -0.1) is 0 Å². The minimum Gasteiger partial charge on any atom is -0.493 e. The van der Waals surface area contributed by atoms with E-state index in [1.165, 1.54) is 33.5 Å². The molecule has 0 aromatic heterocycles. The number of ether oxygens (including phenoxy) is 4. The fourth-order valence-corrected chi connectivity index (χ4v) is 2.54. The van der Waals surface area contributed by atoms with Crippen LogP contribution in [0.15, 0.2) is 36.4 Å².